The fourth-order valence-electron chi connectivity index (χ4n) is 2.09. The van der Waals surface area contributed by atoms with Crippen molar-refractivity contribution in [2.75, 3.05) is 25.1 Å². The van der Waals surface area contributed by atoms with Crippen molar-refractivity contribution >= 4 is 5.69 Å². The van der Waals surface area contributed by atoms with Gasteiger partial charge < -0.3 is 9.64 Å². The number of piperidine rings is 1. The van der Waals surface area contributed by atoms with E-state index in [-0.39, 0.29) is 6.10 Å². The molecular formula is C12H15F2NO. The number of nitrogens with zero attached hydrogens (tertiary/aromatic N) is 1. The second-order valence-electron chi connectivity index (χ2n) is 4.07. The van der Waals surface area contributed by atoms with Gasteiger partial charge in [0.15, 0.2) is 0 Å². The fraction of sp³-hybridized carbons (Fsp3) is 0.500. The van der Waals surface area contributed by atoms with E-state index < -0.39 is 11.6 Å². The Labute approximate surface area is 93.8 Å². The van der Waals surface area contributed by atoms with Crippen LogP contribution in [0.3, 0.4) is 0 Å². The number of halogens is 2. The maximum absolute atomic E-state index is 13.1. The molecule has 1 aromatic carbocycles. The summed E-state index contributed by atoms with van der Waals surface area (Å²) >= 11 is 0. The van der Waals surface area contributed by atoms with E-state index >= 15 is 0 Å². The van der Waals surface area contributed by atoms with Gasteiger partial charge in [-0.05, 0) is 25.0 Å². The molecule has 1 heterocycles. The summed E-state index contributed by atoms with van der Waals surface area (Å²) in [4.78, 5) is 1.96. The Bertz CT molecular complexity index is 350. The molecule has 0 aromatic heterocycles. The minimum atomic E-state index is -0.533. The zero-order valence-corrected chi connectivity index (χ0v) is 9.25. The van der Waals surface area contributed by atoms with Crippen LogP contribution in [-0.4, -0.2) is 26.3 Å². The first-order chi connectivity index (χ1) is 7.69. The molecule has 1 atom stereocenters. The van der Waals surface area contributed by atoms with Crippen LogP contribution in [0.2, 0.25) is 0 Å². The molecule has 1 fully saturated rings. The van der Waals surface area contributed by atoms with Gasteiger partial charge in [-0.2, -0.15) is 0 Å². The molecule has 16 heavy (non-hydrogen) atoms. The SMILES string of the molecule is COC1CCCN(c2cc(F)cc(F)c2)C1. The van der Waals surface area contributed by atoms with Crippen LogP contribution in [-0.2, 0) is 4.74 Å². The third-order valence-corrected chi connectivity index (χ3v) is 2.92. The maximum atomic E-state index is 13.1. The summed E-state index contributed by atoms with van der Waals surface area (Å²) < 4.78 is 31.4. The van der Waals surface area contributed by atoms with Gasteiger partial charge in [0, 0.05) is 32.0 Å². The average Bonchev–Trinajstić information content (AvgIpc) is 2.28. The van der Waals surface area contributed by atoms with Crippen molar-refractivity contribution in [2.24, 2.45) is 0 Å². The molecular weight excluding hydrogens is 212 g/mol. The number of ether oxygens (including phenoxy) is 1. The standard InChI is InChI=1S/C12H15F2NO/c1-16-12-3-2-4-15(8-12)11-6-9(13)5-10(14)7-11/h5-7,12H,2-4,8H2,1H3. The van der Waals surface area contributed by atoms with Gasteiger partial charge in [-0.3, -0.25) is 0 Å². The van der Waals surface area contributed by atoms with E-state index in [1.807, 2.05) is 4.90 Å². The normalized spacial score (nSPS) is 21.2. The van der Waals surface area contributed by atoms with Crippen molar-refractivity contribution in [1.82, 2.24) is 0 Å². The third kappa shape index (κ3) is 2.50. The van der Waals surface area contributed by atoms with Crippen LogP contribution < -0.4 is 4.90 Å². The molecule has 2 rings (SSSR count). The van der Waals surface area contributed by atoms with Crippen LogP contribution in [0.4, 0.5) is 14.5 Å². The van der Waals surface area contributed by atoms with E-state index in [2.05, 4.69) is 0 Å². The van der Waals surface area contributed by atoms with Gasteiger partial charge in [0.05, 0.1) is 6.10 Å². The molecule has 0 amide bonds. The second kappa shape index (κ2) is 4.78. The molecule has 0 spiro atoms. The van der Waals surface area contributed by atoms with E-state index in [4.69, 9.17) is 4.74 Å². The minimum Gasteiger partial charge on any atom is -0.380 e. The molecule has 0 saturated carbocycles. The first kappa shape index (κ1) is 11.3. The zero-order chi connectivity index (χ0) is 11.5. The number of hydrogen-bond donors (Lipinski definition) is 0. The van der Waals surface area contributed by atoms with Crippen LogP contribution in [0, 0.1) is 11.6 Å². The van der Waals surface area contributed by atoms with Gasteiger partial charge in [0.2, 0.25) is 0 Å². The summed E-state index contributed by atoms with van der Waals surface area (Å²) in [5.41, 5.74) is 0.597. The zero-order valence-electron chi connectivity index (χ0n) is 9.25. The second-order valence-corrected chi connectivity index (χ2v) is 4.07. The Morgan fingerprint density at radius 2 is 1.94 bits per heavy atom. The lowest BCUT2D eigenvalue weighted by atomic mass is 10.1. The molecule has 0 radical (unpaired) electrons. The number of anilines is 1. The third-order valence-electron chi connectivity index (χ3n) is 2.92. The van der Waals surface area contributed by atoms with Gasteiger partial charge in [-0.1, -0.05) is 0 Å². The molecule has 1 aliphatic rings. The number of hydrogen-bond acceptors (Lipinski definition) is 2. The summed E-state index contributed by atoms with van der Waals surface area (Å²) in [6.45, 7) is 1.52. The summed E-state index contributed by atoms with van der Waals surface area (Å²) in [7, 11) is 1.67. The first-order valence-electron chi connectivity index (χ1n) is 5.43. The quantitative estimate of drug-likeness (QED) is 0.770. The molecule has 0 N–H and O–H groups in total. The van der Waals surface area contributed by atoms with Crippen LogP contribution in [0.1, 0.15) is 12.8 Å². The highest BCUT2D eigenvalue weighted by molar-refractivity contribution is 5.47. The fourth-order valence-corrected chi connectivity index (χ4v) is 2.09. The van der Waals surface area contributed by atoms with E-state index in [0.717, 1.165) is 25.5 Å². The molecule has 1 unspecified atom stereocenters. The first-order valence-corrected chi connectivity index (χ1v) is 5.43. The highest BCUT2D eigenvalue weighted by atomic mass is 19.1. The molecule has 88 valence electrons. The maximum Gasteiger partial charge on any atom is 0.128 e. The topological polar surface area (TPSA) is 12.5 Å². The Hall–Kier alpha value is -1.16. The lowest BCUT2D eigenvalue weighted by molar-refractivity contribution is 0.0893. The van der Waals surface area contributed by atoms with Crippen LogP contribution in [0.25, 0.3) is 0 Å². The van der Waals surface area contributed by atoms with Gasteiger partial charge in [0.1, 0.15) is 11.6 Å². The van der Waals surface area contributed by atoms with E-state index in [1.165, 1.54) is 12.1 Å². The molecule has 1 saturated heterocycles. The Kier molecular flexibility index (Phi) is 3.39. The minimum absolute atomic E-state index is 0.153. The van der Waals surface area contributed by atoms with Crippen molar-refractivity contribution in [3.8, 4) is 0 Å². The predicted octanol–water partition coefficient (Wildman–Crippen LogP) is 2.58. The molecule has 4 heteroatoms. The molecule has 1 aromatic rings. The van der Waals surface area contributed by atoms with Crippen molar-refractivity contribution in [2.45, 2.75) is 18.9 Å². The summed E-state index contributed by atoms with van der Waals surface area (Å²) in [6, 6.07) is 3.61. The van der Waals surface area contributed by atoms with Gasteiger partial charge in [-0.25, -0.2) is 8.78 Å². The highest BCUT2D eigenvalue weighted by Crippen LogP contribution is 2.22. The average molecular weight is 227 g/mol. The smallest absolute Gasteiger partial charge is 0.128 e. The number of rotatable bonds is 2. The number of benzene rings is 1. The van der Waals surface area contributed by atoms with Crippen molar-refractivity contribution in [1.29, 1.82) is 0 Å². The Morgan fingerprint density at radius 1 is 1.25 bits per heavy atom. The highest BCUT2D eigenvalue weighted by Gasteiger charge is 2.20. The van der Waals surface area contributed by atoms with E-state index in [0.29, 0.717) is 12.2 Å². The molecule has 0 bridgehead atoms. The number of methoxy groups -OCH3 is 1. The lowest BCUT2D eigenvalue weighted by Crippen LogP contribution is -2.39. The van der Waals surface area contributed by atoms with E-state index in [9.17, 15) is 8.78 Å². The van der Waals surface area contributed by atoms with Crippen molar-refractivity contribution < 1.29 is 13.5 Å². The van der Waals surface area contributed by atoms with Crippen LogP contribution in [0.5, 0.6) is 0 Å². The van der Waals surface area contributed by atoms with Gasteiger partial charge in [0.25, 0.3) is 0 Å². The largest absolute Gasteiger partial charge is 0.380 e. The molecule has 0 aliphatic carbocycles. The lowest BCUT2D eigenvalue weighted by Gasteiger charge is -2.33. The molecule has 2 nitrogen and oxygen atoms in total. The van der Waals surface area contributed by atoms with Crippen molar-refractivity contribution in [3.63, 3.8) is 0 Å². The Balaban J connectivity index is 2.16. The predicted molar refractivity (Wildman–Crippen MR) is 58.6 cm³/mol. The van der Waals surface area contributed by atoms with E-state index in [1.54, 1.807) is 7.11 Å². The summed E-state index contributed by atoms with van der Waals surface area (Å²) in [6.07, 6.45) is 2.14. The van der Waals surface area contributed by atoms with Crippen LogP contribution in [0.15, 0.2) is 18.2 Å². The Morgan fingerprint density at radius 3 is 2.56 bits per heavy atom. The molecule has 1 aliphatic heterocycles. The summed E-state index contributed by atoms with van der Waals surface area (Å²) in [5.74, 6) is -1.07. The van der Waals surface area contributed by atoms with Gasteiger partial charge in [-0.15, -0.1) is 0 Å². The van der Waals surface area contributed by atoms with Gasteiger partial charge >= 0.3 is 0 Å². The van der Waals surface area contributed by atoms with Crippen LogP contribution >= 0.6 is 0 Å². The summed E-state index contributed by atoms with van der Waals surface area (Å²) in [5, 5.41) is 0. The monoisotopic (exact) mass is 227 g/mol. The van der Waals surface area contributed by atoms with Crippen molar-refractivity contribution in [3.05, 3.63) is 29.8 Å².